The Hall–Kier alpha value is -7.11. The van der Waals surface area contributed by atoms with Crippen molar-refractivity contribution in [2.75, 3.05) is 0 Å². The molecule has 0 saturated heterocycles. The van der Waals surface area contributed by atoms with Crippen molar-refractivity contribution in [3.05, 3.63) is 176 Å². The Morgan fingerprint density at radius 2 is 0.673 bits per heavy atom. The Balaban J connectivity index is 1.28. The Bertz CT molecular complexity index is 2760. The van der Waals surface area contributed by atoms with Crippen LogP contribution in [-0.4, -0.2) is 24.9 Å². The molecule has 0 aliphatic rings. The van der Waals surface area contributed by atoms with Crippen molar-refractivity contribution in [1.29, 1.82) is 0 Å². The quantitative estimate of drug-likeness (QED) is 0.171. The monoisotopic (exact) mass is 663 g/mol. The van der Waals surface area contributed by atoms with Gasteiger partial charge in [-0.05, 0) is 46.2 Å². The first-order valence-electron chi connectivity index (χ1n) is 17.3. The van der Waals surface area contributed by atoms with Crippen molar-refractivity contribution in [1.82, 2.24) is 24.9 Å². The van der Waals surface area contributed by atoms with Crippen LogP contribution >= 0.6 is 0 Å². The summed E-state index contributed by atoms with van der Waals surface area (Å²) in [6.07, 6.45) is 0. The van der Waals surface area contributed by atoms with E-state index >= 15 is 0 Å². The van der Waals surface area contributed by atoms with Crippen LogP contribution in [0.15, 0.2) is 176 Å². The largest absolute Gasteiger partial charge is 0.241 e. The molecule has 242 valence electrons. The Kier molecular flexibility index (Phi) is 7.07. The summed E-state index contributed by atoms with van der Waals surface area (Å²) in [7, 11) is 0. The first kappa shape index (κ1) is 29.8. The molecule has 0 unspecified atom stereocenters. The lowest BCUT2D eigenvalue weighted by Gasteiger charge is -2.14. The van der Waals surface area contributed by atoms with Crippen molar-refractivity contribution < 1.29 is 0 Å². The van der Waals surface area contributed by atoms with Crippen LogP contribution in [0.25, 0.3) is 100 Å². The van der Waals surface area contributed by atoms with Crippen LogP contribution < -0.4 is 0 Å². The number of fused-ring (bicyclic) bond motifs is 6. The minimum atomic E-state index is 0.538. The van der Waals surface area contributed by atoms with Crippen LogP contribution in [-0.2, 0) is 0 Å². The molecule has 52 heavy (non-hydrogen) atoms. The van der Waals surface area contributed by atoms with E-state index in [9.17, 15) is 0 Å². The van der Waals surface area contributed by atoms with Gasteiger partial charge in [0, 0.05) is 32.7 Å². The standard InChI is InChI=1S/C47H29N5/c1-4-14-30(15-5-1)35-28-40(46-49-42(33-18-6-2-7-19-33)38-26-24-31-16-10-12-22-36(31)44(38)51-46)48-41(29-35)47-50-43(34-20-8-3-9-21-34)39-27-25-32-17-11-13-23-37(32)45(39)52-47/h1-29H. The van der Waals surface area contributed by atoms with Crippen LogP contribution in [0.2, 0.25) is 0 Å². The van der Waals surface area contributed by atoms with Gasteiger partial charge in [-0.2, -0.15) is 0 Å². The third-order valence-electron chi connectivity index (χ3n) is 9.67. The highest BCUT2D eigenvalue weighted by Crippen LogP contribution is 2.37. The summed E-state index contributed by atoms with van der Waals surface area (Å²) in [6, 6.07) is 60.4. The Morgan fingerprint density at radius 1 is 0.269 bits per heavy atom. The summed E-state index contributed by atoms with van der Waals surface area (Å²) in [4.78, 5) is 26.4. The number of pyridine rings is 1. The van der Waals surface area contributed by atoms with E-state index in [0.717, 1.165) is 77.0 Å². The van der Waals surface area contributed by atoms with Crippen LogP contribution in [0.5, 0.6) is 0 Å². The first-order valence-corrected chi connectivity index (χ1v) is 17.3. The molecule has 0 saturated carbocycles. The van der Waals surface area contributed by atoms with Gasteiger partial charge >= 0.3 is 0 Å². The normalized spacial score (nSPS) is 11.5. The van der Waals surface area contributed by atoms with Gasteiger partial charge in [0.2, 0.25) is 0 Å². The Labute approximate surface area is 300 Å². The molecule has 0 atom stereocenters. The summed E-state index contributed by atoms with van der Waals surface area (Å²) in [5.41, 5.74) is 8.84. The second-order valence-corrected chi connectivity index (χ2v) is 12.9. The lowest BCUT2D eigenvalue weighted by molar-refractivity contribution is 1.15. The fourth-order valence-electron chi connectivity index (χ4n) is 7.15. The van der Waals surface area contributed by atoms with Crippen LogP contribution in [0.1, 0.15) is 0 Å². The van der Waals surface area contributed by atoms with Gasteiger partial charge in [-0.3, -0.25) is 0 Å². The molecule has 5 heteroatoms. The third-order valence-corrected chi connectivity index (χ3v) is 9.67. The van der Waals surface area contributed by atoms with Gasteiger partial charge in [0.25, 0.3) is 0 Å². The molecular weight excluding hydrogens is 635 g/mol. The molecule has 0 amide bonds. The summed E-state index contributed by atoms with van der Waals surface area (Å²) in [5.74, 6) is 1.08. The number of hydrogen-bond donors (Lipinski definition) is 0. The smallest absolute Gasteiger partial charge is 0.179 e. The molecule has 3 aromatic heterocycles. The van der Waals surface area contributed by atoms with Crippen molar-refractivity contribution in [2.45, 2.75) is 0 Å². The lowest BCUT2D eigenvalue weighted by atomic mass is 10.0. The molecule has 0 fully saturated rings. The van der Waals surface area contributed by atoms with Gasteiger partial charge in [0.05, 0.1) is 22.4 Å². The predicted octanol–water partition coefficient (Wildman–Crippen LogP) is 11.6. The molecule has 0 radical (unpaired) electrons. The van der Waals surface area contributed by atoms with Crippen LogP contribution in [0.4, 0.5) is 0 Å². The SMILES string of the molecule is c1ccc(-c2cc(-c3nc(-c4ccccc4)c4ccc5ccccc5c4n3)nc(-c3nc(-c4ccccc4)c4ccc5ccccc5c4n3)c2)cc1. The van der Waals surface area contributed by atoms with E-state index in [4.69, 9.17) is 24.9 Å². The average molecular weight is 664 g/mol. The summed E-state index contributed by atoms with van der Waals surface area (Å²) in [6.45, 7) is 0. The number of hydrogen-bond acceptors (Lipinski definition) is 5. The van der Waals surface area contributed by atoms with Crippen molar-refractivity contribution in [2.24, 2.45) is 0 Å². The van der Waals surface area contributed by atoms with E-state index in [1.807, 2.05) is 54.6 Å². The fraction of sp³-hybridized carbons (Fsp3) is 0. The molecule has 0 aliphatic carbocycles. The second kappa shape index (κ2) is 12.3. The minimum Gasteiger partial charge on any atom is -0.241 e. The van der Waals surface area contributed by atoms with Gasteiger partial charge < -0.3 is 0 Å². The molecular formula is C47H29N5. The van der Waals surface area contributed by atoms with E-state index in [1.165, 1.54) is 0 Å². The van der Waals surface area contributed by atoms with Gasteiger partial charge in [0.15, 0.2) is 11.6 Å². The van der Waals surface area contributed by atoms with Gasteiger partial charge in [-0.1, -0.05) is 152 Å². The summed E-state index contributed by atoms with van der Waals surface area (Å²) in [5, 5.41) is 6.36. The lowest BCUT2D eigenvalue weighted by Crippen LogP contribution is -2.01. The third kappa shape index (κ3) is 5.15. The van der Waals surface area contributed by atoms with Crippen molar-refractivity contribution in [3.8, 4) is 56.7 Å². The molecule has 7 aromatic carbocycles. The van der Waals surface area contributed by atoms with Gasteiger partial charge in [0.1, 0.15) is 11.4 Å². The number of aromatic nitrogens is 5. The predicted molar refractivity (Wildman–Crippen MR) is 213 cm³/mol. The van der Waals surface area contributed by atoms with Crippen molar-refractivity contribution in [3.63, 3.8) is 0 Å². The average Bonchev–Trinajstić information content (AvgIpc) is 3.23. The highest BCUT2D eigenvalue weighted by Gasteiger charge is 2.19. The molecule has 5 nitrogen and oxygen atoms in total. The number of rotatable bonds is 5. The fourth-order valence-corrected chi connectivity index (χ4v) is 7.15. The highest BCUT2D eigenvalue weighted by atomic mass is 15.0. The topological polar surface area (TPSA) is 64.5 Å². The maximum Gasteiger partial charge on any atom is 0.179 e. The zero-order valence-electron chi connectivity index (χ0n) is 28.0. The minimum absolute atomic E-state index is 0.538. The second-order valence-electron chi connectivity index (χ2n) is 12.9. The highest BCUT2D eigenvalue weighted by molar-refractivity contribution is 6.11. The molecule has 0 aliphatic heterocycles. The molecule has 0 bridgehead atoms. The van der Waals surface area contributed by atoms with E-state index in [-0.39, 0.29) is 0 Å². The molecule has 0 N–H and O–H groups in total. The number of benzene rings is 7. The molecule has 10 rings (SSSR count). The van der Waals surface area contributed by atoms with Crippen LogP contribution in [0, 0.1) is 0 Å². The summed E-state index contributed by atoms with van der Waals surface area (Å²) < 4.78 is 0. The maximum atomic E-state index is 5.29. The van der Waals surface area contributed by atoms with Gasteiger partial charge in [-0.15, -0.1) is 0 Å². The van der Waals surface area contributed by atoms with E-state index in [0.29, 0.717) is 23.0 Å². The molecule has 3 heterocycles. The first-order chi connectivity index (χ1) is 25.8. The van der Waals surface area contributed by atoms with Gasteiger partial charge in [-0.25, -0.2) is 24.9 Å². The maximum absolute atomic E-state index is 5.29. The zero-order chi connectivity index (χ0) is 34.4. The zero-order valence-corrected chi connectivity index (χ0v) is 28.0. The van der Waals surface area contributed by atoms with Crippen molar-refractivity contribution >= 4 is 43.4 Å². The Morgan fingerprint density at radius 3 is 1.13 bits per heavy atom. The number of nitrogens with zero attached hydrogens (tertiary/aromatic N) is 5. The molecule has 0 spiro atoms. The molecule has 10 aromatic rings. The summed E-state index contributed by atoms with van der Waals surface area (Å²) >= 11 is 0. The van der Waals surface area contributed by atoms with E-state index in [1.54, 1.807) is 0 Å². The van der Waals surface area contributed by atoms with Crippen LogP contribution in [0.3, 0.4) is 0 Å². The van der Waals surface area contributed by atoms with E-state index in [2.05, 4.69) is 121 Å². The van der Waals surface area contributed by atoms with E-state index < -0.39 is 0 Å².